The van der Waals surface area contributed by atoms with Gasteiger partial charge in [-0.15, -0.1) is 0 Å². The van der Waals surface area contributed by atoms with Crippen LogP contribution < -0.4 is 0 Å². The topological polar surface area (TPSA) is 78.7 Å². The van der Waals surface area contributed by atoms with Crippen LogP contribution in [0.25, 0.3) is 0 Å². The quantitative estimate of drug-likeness (QED) is 0.764. The maximum absolute atomic E-state index is 12.1. The maximum Gasteiger partial charge on any atom is 0.214 e. The first kappa shape index (κ1) is 19.0. The fourth-order valence-corrected chi connectivity index (χ4v) is 4.41. The zero-order valence-electron chi connectivity index (χ0n) is 15.2. The predicted octanol–water partition coefficient (Wildman–Crippen LogP) is 0.615. The van der Waals surface area contributed by atoms with Gasteiger partial charge in [0.15, 0.2) is 0 Å². The van der Waals surface area contributed by atoms with Crippen LogP contribution in [0.1, 0.15) is 11.1 Å². The first-order chi connectivity index (χ1) is 12.3. The highest BCUT2D eigenvalue weighted by Gasteiger charge is 2.35. The number of aromatic nitrogens is 2. The van der Waals surface area contributed by atoms with Crippen molar-refractivity contribution in [3.63, 3.8) is 0 Å². The Morgan fingerprint density at radius 1 is 1.15 bits per heavy atom. The predicted molar refractivity (Wildman–Crippen MR) is 100 cm³/mol. The van der Waals surface area contributed by atoms with E-state index in [0.29, 0.717) is 19.6 Å². The molecular weight excluding hydrogens is 352 g/mol. The SMILES string of the molecule is CN(C)S(=O)(=O)C[C@@H]1CN(Cc2ccc(Cn3cccn3)cc2)C[C@@H]1O. The summed E-state index contributed by atoms with van der Waals surface area (Å²) in [7, 11) is -0.249. The van der Waals surface area contributed by atoms with Crippen LogP contribution >= 0.6 is 0 Å². The van der Waals surface area contributed by atoms with Gasteiger partial charge in [0.25, 0.3) is 0 Å². The fourth-order valence-electron chi connectivity index (χ4n) is 3.24. The van der Waals surface area contributed by atoms with Crippen molar-refractivity contribution < 1.29 is 13.5 Å². The Hall–Kier alpha value is -1.74. The maximum atomic E-state index is 12.1. The van der Waals surface area contributed by atoms with Gasteiger partial charge in [-0.25, -0.2) is 12.7 Å². The van der Waals surface area contributed by atoms with Crippen LogP contribution in [0.3, 0.4) is 0 Å². The smallest absolute Gasteiger partial charge is 0.214 e. The Labute approximate surface area is 154 Å². The highest BCUT2D eigenvalue weighted by Crippen LogP contribution is 2.22. The van der Waals surface area contributed by atoms with E-state index in [1.54, 1.807) is 6.20 Å². The molecule has 0 radical (unpaired) electrons. The molecular formula is C18H26N4O3S. The Bertz CT molecular complexity index is 803. The van der Waals surface area contributed by atoms with Gasteiger partial charge in [-0.1, -0.05) is 24.3 Å². The number of hydrogen-bond donors (Lipinski definition) is 1. The van der Waals surface area contributed by atoms with E-state index in [9.17, 15) is 13.5 Å². The van der Waals surface area contributed by atoms with Gasteiger partial charge < -0.3 is 5.11 Å². The molecule has 1 N–H and O–H groups in total. The molecule has 142 valence electrons. The van der Waals surface area contributed by atoms with Gasteiger partial charge in [-0.3, -0.25) is 9.58 Å². The van der Waals surface area contributed by atoms with Crippen LogP contribution in [-0.2, 0) is 23.1 Å². The minimum Gasteiger partial charge on any atom is -0.391 e. The average molecular weight is 378 g/mol. The summed E-state index contributed by atoms with van der Waals surface area (Å²) in [6, 6.07) is 10.2. The van der Waals surface area contributed by atoms with Crippen molar-refractivity contribution >= 4 is 10.0 Å². The third-order valence-electron chi connectivity index (χ3n) is 4.80. The molecule has 3 rings (SSSR count). The monoisotopic (exact) mass is 378 g/mol. The van der Waals surface area contributed by atoms with E-state index in [2.05, 4.69) is 34.3 Å². The van der Waals surface area contributed by atoms with Crippen LogP contribution in [0, 0.1) is 5.92 Å². The summed E-state index contributed by atoms with van der Waals surface area (Å²) in [6.45, 7) is 2.53. The standard InChI is InChI=1S/C18H26N4O3S/c1-20(2)26(24,25)14-17-12-21(13-18(17)23)10-15-4-6-16(7-5-15)11-22-9-3-8-19-22/h3-9,17-18,23H,10-14H2,1-2H3/t17-,18-/m0/s1. The summed E-state index contributed by atoms with van der Waals surface area (Å²) >= 11 is 0. The van der Waals surface area contributed by atoms with Crippen molar-refractivity contribution in [3.8, 4) is 0 Å². The van der Waals surface area contributed by atoms with Gasteiger partial charge in [0.05, 0.1) is 18.4 Å². The first-order valence-corrected chi connectivity index (χ1v) is 10.3. The summed E-state index contributed by atoms with van der Waals surface area (Å²) in [5, 5.41) is 14.4. The van der Waals surface area contributed by atoms with Gasteiger partial charge in [-0.05, 0) is 17.2 Å². The molecule has 8 heteroatoms. The number of rotatable bonds is 7. The first-order valence-electron chi connectivity index (χ1n) is 8.69. The van der Waals surface area contributed by atoms with E-state index in [0.717, 1.165) is 12.1 Å². The lowest BCUT2D eigenvalue weighted by Gasteiger charge is -2.18. The molecule has 0 amide bonds. The molecule has 1 saturated heterocycles. The van der Waals surface area contributed by atoms with E-state index in [4.69, 9.17) is 0 Å². The zero-order chi connectivity index (χ0) is 18.7. The summed E-state index contributed by atoms with van der Waals surface area (Å²) in [4.78, 5) is 2.11. The molecule has 2 heterocycles. The van der Waals surface area contributed by atoms with E-state index in [1.165, 1.54) is 24.0 Å². The normalized spacial score (nSPS) is 21.5. The Balaban J connectivity index is 1.56. The van der Waals surface area contributed by atoms with E-state index < -0.39 is 16.1 Å². The molecule has 2 atom stereocenters. The molecule has 0 bridgehead atoms. The van der Waals surface area contributed by atoms with Gasteiger partial charge >= 0.3 is 0 Å². The second-order valence-electron chi connectivity index (χ2n) is 7.10. The summed E-state index contributed by atoms with van der Waals surface area (Å²) in [5.74, 6) is -0.262. The molecule has 0 aliphatic carbocycles. The van der Waals surface area contributed by atoms with Crippen LogP contribution in [0.4, 0.5) is 0 Å². The number of hydrogen-bond acceptors (Lipinski definition) is 5. The molecule has 1 aliphatic heterocycles. The molecule has 1 fully saturated rings. The molecule has 7 nitrogen and oxygen atoms in total. The Morgan fingerprint density at radius 2 is 1.81 bits per heavy atom. The van der Waals surface area contributed by atoms with E-state index in [-0.39, 0.29) is 11.7 Å². The van der Waals surface area contributed by atoms with Gasteiger partial charge in [-0.2, -0.15) is 5.10 Å². The second-order valence-corrected chi connectivity index (χ2v) is 9.33. The lowest BCUT2D eigenvalue weighted by molar-refractivity contribution is 0.148. The molecule has 26 heavy (non-hydrogen) atoms. The number of benzene rings is 1. The fraction of sp³-hybridized carbons (Fsp3) is 0.500. The molecule has 1 aromatic heterocycles. The summed E-state index contributed by atoms with van der Waals surface area (Å²) < 4.78 is 27.2. The Morgan fingerprint density at radius 3 is 2.38 bits per heavy atom. The highest BCUT2D eigenvalue weighted by atomic mass is 32.2. The van der Waals surface area contributed by atoms with Crippen LogP contribution in [0.15, 0.2) is 42.7 Å². The van der Waals surface area contributed by atoms with Crippen molar-refractivity contribution in [3.05, 3.63) is 53.9 Å². The Kier molecular flexibility index (Phi) is 5.76. The molecule has 0 unspecified atom stereocenters. The number of aliphatic hydroxyl groups excluding tert-OH is 1. The third kappa shape index (κ3) is 4.70. The minimum absolute atomic E-state index is 0.0134. The van der Waals surface area contributed by atoms with Crippen molar-refractivity contribution in [1.29, 1.82) is 0 Å². The van der Waals surface area contributed by atoms with Gasteiger partial charge in [0, 0.05) is 52.0 Å². The summed E-state index contributed by atoms with van der Waals surface area (Å²) in [6.07, 6.45) is 3.09. The zero-order valence-corrected chi connectivity index (χ0v) is 16.0. The van der Waals surface area contributed by atoms with Crippen molar-refractivity contribution in [1.82, 2.24) is 19.0 Å². The van der Waals surface area contributed by atoms with Crippen molar-refractivity contribution in [2.45, 2.75) is 19.2 Å². The van der Waals surface area contributed by atoms with Crippen LogP contribution in [0.5, 0.6) is 0 Å². The highest BCUT2D eigenvalue weighted by molar-refractivity contribution is 7.89. The number of likely N-dealkylation sites (tertiary alicyclic amines) is 1. The third-order valence-corrected chi connectivity index (χ3v) is 6.76. The van der Waals surface area contributed by atoms with E-state index >= 15 is 0 Å². The second kappa shape index (κ2) is 7.87. The summed E-state index contributed by atoms with van der Waals surface area (Å²) in [5.41, 5.74) is 2.33. The number of β-amino-alcohol motifs (C(OH)–C–C–N with tert-alkyl or cyclic N) is 1. The molecule has 0 saturated carbocycles. The van der Waals surface area contributed by atoms with Crippen LogP contribution in [0.2, 0.25) is 0 Å². The molecule has 0 spiro atoms. The van der Waals surface area contributed by atoms with E-state index in [1.807, 2.05) is 16.9 Å². The lowest BCUT2D eigenvalue weighted by atomic mass is 10.1. The molecule has 1 aromatic carbocycles. The minimum atomic E-state index is -3.30. The molecule has 1 aliphatic rings. The van der Waals surface area contributed by atoms with Crippen molar-refractivity contribution in [2.24, 2.45) is 5.92 Å². The van der Waals surface area contributed by atoms with Gasteiger partial charge in [0.2, 0.25) is 10.0 Å². The number of aliphatic hydroxyl groups is 1. The number of sulfonamides is 1. The lowest BCUT2D eigenvalue weighted by Crippen LogP contribution is -2.33. The van der Waals surface area contributed by atoms with Gasteiger partial charge in [0.1, 0.15) is 0 Å². The van der Waals surface area contributed by atoms with Crippen LogP contribution in [-0.4, -0.2) is 71.6 Å². The largest absolute Gasteiger partial charge is 0.391 e. The van der Waals surface area contributed by atoms with Crippen molar-refractivity contribution in [2.75, 3.05) is 32.9 Å². The number of nitrogens with zero attached hydrogens (tertiary/aromatic N) is 4. The average Bonchev–Trinajstić information content (AvgIpc) is 3.19. The molecule has 2 aromatic rings.